The maximum Gasteiger partial charge on any atom is 0.338 e. The molecule has 0 radical (unpaired) electrons. The van der Waals surface area contributed by atoms with Gasteiger partial charge in [0.2, 0.25) is 10.1 Å². The number of hydrogen-bond donors (Lipinski definition) is 0. The largest absolute Gasteiger partial charge is 0.461 e. The van der Waals surface area contributed by atoms with Gasteiger partial charge in [-0.15, -0.1) is 0 Å². The van der Waals surface area contributed by atoms with Crippen LogP contribution in [0.1, 0.15) is 27.1 Å². The second-order valence-corrected chi connectivity index (χ2v) is 9.72. The molecule has 0 spiro atoms. The molecule has 0 bridgehead atoms. The van der Waals surface area contributed by atoms with Crippen molar-refractivity contribution in [2.45, 2.75) is 34.8 Å². The van der Waals surface area contributed by atoms with Crippen LogP contribution in [0.15, 0.2) is 73.0 Å². The minimum absolute atomic E-state index is 0.174. The summed E-state index contributed by atoms with van der Waals surface area (Å²) < 4.78 is 21.0. The van der Waals surface area contributed by atoms with Gasteiger partial charge in [-0.2, -0.15) is 0 Å². The van der Waals surface area contributed by atoms with Gasteiger partial charge in [-0.1, -0.05) is 77.8 Å². The Hall–Kier alpha value is -2.25. The summed E-state index contributed by atoms with van der Waals surface area (Å²) in [5.74, 6) is -1.67. The van der Waals surface area contributed by atoms with Crippen LogP contribution in [0.3, 0.4) is 0 Å². The summed E-state index contributed by atoms with van der Waals surface area (Å²) in [5.41, 5.74) is 0.775. The summed E-state index contributed by atoms with van der Waals surface area (Å²) in [7, 11) is 0. The molecule has 2 aromatic rings. The van der Waals surface area contributed by atoms with E-state index in [4.69, 9.17) is 53.8 Å². The highest BCUT2D eigenvalue weighted by atomic mass is 35.6. The van der Waals surface area contributed by atoms with Crippen LogP contribution < -0.4 is 0 Å². The van der Waals surface area contributed by atoms with Crippen LogP contribution in [-0.4, -0.2) is 40.3 Å². The molecular weight excluding hydrogens is 479 g/mol. The normalized spacial score (nSPS) is 26.4. The molecule has 168 valence electrons. The van der Waals surface area contributed by atoms with E-state index in [0.717, 1.165) is 0 Å². The third-order valence-electron chi connectivity index (χ3n) is 5.37. The molecular formula is C23H19Cl3O6. The Balaban J connectivity index is 1.51. The highest BCUT2D eigenvalue weighted by Crippen LogP contribution is 2.47. The van der Waals surface area contributed by atoms with Crippen LogP contribution in [0, 0.1) is 5.92 Å². The summed E-state index contributed by atoms with van der Waals surface area (Å²) in [4.78, 5) is 25.2. The van der Waals surface area contributed by atoms with Gasteiger partial charge < -0.3 is 18.9 Å². The number of alkyl halides is 3. The Morgan fingerprint density at radius 1 is 0.875 bits per heavy atom. The SMILES string of the molecule is C=C(OC1OC2CC(OC(=O)c3ccccc3)C2C1OC(=O)c1ccccc1)C(Cl)(Cl)Cl. The van der Waals surface area contributed by atoms with E-state index in [-0.39, 0.29) is 11.9 Å². The summed E-state index contributed by atoms with van der Waals surface area (Å²) in [6.07, 6.45) is -2.44. The van der Waals surface area contributed by atoms with E-state index in [1.165, 1.54) is 0 Å². The van der Waals surface area contributed by atoms with Gasteiger partial charge in [0.15, 0.2) is 6.10 Å². The third-order valence-corrected chi connectivity index (χ3v) is 6.01. The van der Waals surface area contributed by atoms with E-state index in [1.54, 1.807) is 60.7 Å². The predicted molar refractivity (Wildman–Crippen MR) is 119 cm³/mol. The molecule has 1 heterocycles. The van der Waals surface area contributed by atoms with Gasteiger partial charge in [0, 0.05) is 6.42 Å². The summed E-state index contributed by atoms with van der Waals surface area (Å²) in [6.45, 7) is 3.61. The van der Waals surface area contributed by atoms with Crippen LogP contribution >= 0.6 is 34.8 Å². The molecule has 1 aliphatic carbocycles. The number of fused-ring (bicyclic) bond motifs is 1. The third kappa shape index (κ3) is 4.89. The molecule has 2 aliphatic rings. The second kappa shape index (κ2) is 9.32. The lowest BCUT2D eigenvalue weighted by Crippen LogP contribution is -2.51. The maximum atomic E-state index is 12.7. The van der Waals surface area contributed by atoms with Gasteiger partial charge >= 0.3 is 11.9 Å². The average Bonchev–Trinajstić information content (AvgIpc) is 3.03. The monoisotopic (exact) mass is 496 g/mol. The van der Waals surface area contributed by atoms with Crippen LogP contribution in [0.4, 0.5) is 0 Å². The smallest absolute Gasteiger partial charge is 0.338 e. The van der Waals surface area contributed by atoms with Gasteiger partial charge in [-0.3, -0.25) is 0 Å². The van der Waals surface area contributed by atoms with Crippen LogP contribution in [0.5, 0.6) is 0 Å². The van der Waals surface area contributed by atoms with Crippen molar-refractivity contribution in [2.75, 3.05) is 0 Å². The molecule has 0 N–H and O–H groups in total. The molecule has 32 heavy (non-hydrogen) atoms. The maximum absolute atomic E-state index is 12.7. The minimum Gasteiger partial charge on any atom is -0.461 e. The first-order chi connectivity index (χ1) is 15.2. The van der Waals surface area contributed by atoms with Crippen LogP contribution in [-0.2, 0) is 18.9 Å². The number of benzene rings is 2. The van der Waals surface area contributed by atoms with Gasteiger partial charge in [-0.25, -0.2) is 9.59 Å². The van der Waals surface area contributed by atoms with E-state index < -0.39 is 40.1 Å². The van der Waals surface area contributed by atoms with Gasteiger partial charge in [-0.05, 0) is 24.3 Å². The summed E-state index contributed by atoms with van der Waals surface area (Å²) in [6, 6.07) is 17.1. The second-order valence-electron chi connectivity index (χ2n) is 7.44. The average molecular weight is 498 g/mol. The zero-order valence-electron chi connectivity index (χ0n) is 16.7. The van der Waals surface area contributed by atoms with Crippen LogP contribution in [0.2, 0.25) is 0 Å². The van der Waals surface area contributed by atoms with E-state index in [9.17, 15) is 9.59 Å². The molecule has 4 rings (SSSR count). The number of ether oxygens (including phenoxy) is 4. The lowest BCUT2D eigenvalue weighted by Gasteiger charge is -2.39. The molecule has 0 amide bonds. The summed E-state index contributed by atoms with van der Waals surface area (Å²) >= 11 is 17.5. The van der Waals surface area contributed by atoms with Gasteiger partial charge in [0.25, 0.3) is 0 Å². The number of carbonyl (C=O) groups is 2. The van der Waals surface area contributed by atoms with E-state index in [2.05, 4.69) is 6.58 Å². The van der Waals surface area contributed by atoms with E-state index in [1.807, 2.05) is 0 Å². The van der Waals surface area contributed by atoms with Crippen molar-refractivity contribution in [3.05, 3.63) is 84.1 Å². The molecule has 2 aromatic carbocycles. The number of carbonyl (C=O) groups excluding carboxylic acids is 2. The van der Waals surface area contributed by atoms with Crippen molar-refractivity contribution in [3.63, 3.8) is 0 Å². The Labute approximate surface area is 199 Å². The number of hydrogen-bond acceptors (Lipinski definition) is 6. The Bertz CT molecular complexity index is 992. The molecule has 9 heteroatoms. The molecule has 1 aliphatic heterocycles. The van der Waals surface area contributed by atoms with Crippen molar-refractivity contribution in [1.29, 1.82) is 0 Å². The first kappa shape index (κ1) is 22.9. The van der Waals surface area contributed by atoms with Crippen LogP contribution in [0.25, 0.3) is 0 Å². The van der Waals surface area contributed by atoms with Crippen molar-refractivity contribution >= 4 is 46.7 Å². The van der Waals surface area contributed by atoms with Crippen molar-refractivity contribution in [2.24, 2.45) is 5.92 Å². The van der Waals surface area contributed by atoms with Crippen molar-refractivity contribution in [1.82, 2.24) is 0 Å². The quantitative estimate of drug-likeness (QED) is 0.315. The van der Waals surface area contributed by atoms with Crippen molar-refractivity contribution < 1.29 is 28.5 Å². The van der Waals surface area contributed by atoms with E-state index in [0.29, 0.717) is 17.5 Å². The standard InChI is InChI=1S/C23H19Cl3O6/c1-13(23(24,25)26)29-22-19(32-21(28)15-10-6-3-7-11-15)18-16(12-17(18)31-22)30-20(27)14-8-4-2-5-9-14/h2-11,16-19,22H,1,12H2. The van der Waals surface area contributed by atoms with Crippen molar-refractivity contribution in [3.8, 4) is 0 Å². The molecule has 6 nitrogen and oxygen atoms in total. The van der Waals surface area contributed by atoms with E-state index >= 15 is 0 Å². The summed E-state index contributed by atoms with van der Waals surface area (Å²) in [5, 5.41) is 0. The fraction of sp³-hybridized carbons (Fsp3) is 0.304. The van der Waals surface area contributed by atoms with Gasteiger partial charge in [0.05, 0.1) is 23.1 Å². The first-order valence-corrected chi connectivity index (χ1v) is 11.0. The minimum atomic E-state index is -1.89. The molecule has 5 atom stereocenters. The Morgan fingerprint density at radius 3 is 1.94 bits per heavy atom. The number of rotatable bonds is 6. The molecule has 2 fully saturated rings. The fourth-order valence-corrected chi connectivity index (χ4v) is 3.83. The Morgan fingerprint density at radius 2 is 1.41 bits per heavy atom. The lowest BCUT2D eigenvalue weighted by molar-refractivity contribution is -0.150. The highest BCUT2D eigenvalue weighted by Gasteiger charge is 2.60. The fourth-order valence-electron chi connectivity index (χ4n) is 3.70. The Kier molecular flexibility index (Phi) is 6.67. The first-order valence-electron chi connectivity index (χ1n) is 9.84. The topological polar surface area (TPSA) is 71.1 Å². The zero-order chi connectivity index (χ0) is 22.9. The number of allylic oxidation sites excluding steroid dienone is 1. The lowest BCUT2D eigenvalue weighted by atomic mass is 9.76. The number of halogens is 3. The molecule has 1 saturated carbocycles. The molecule has 1 saturated heterocycles. The zero-order valence-corrected chi connectivity index (χ0v) is 18.9. The number of esters is 2. The molecule has 0 aromatic heterocycles. The predicted octanol–water partition coefficient (Wildman–Crippen LogP) is 5.08. The van der Waals surface area contributed by atoms with Gasteiger partial charge in [0.1, 0.15) is 11.9 Å². The highest BCUT2D eigenvalue weighted by molar-refractivity contribution is 6.69. The molecule has 5 unspecified atom stereocenters.